The number of hydrogen-bond acceptors (Lipinski definition) is 3. The molecule has 3 rings (SSSR count). The lowest BCUT2D eigenvalue weighted by molar-refractivity contribution is 0.0432. The molecule has 0 aliphatic carbocycles. The third-order valence-electron chi connectivity index (χ3n) is 4.63. The van der Waals surface area contributed by atoms with Gasteiger partial charge in [-0.05, 0) is 31.5 Å². The van der Waals surface area contributed by atoms with E-state index in [0.717, 1.165) is 28.8 Å². The first-order valence-corrected chi connectivity index (χ1v) is 8.43. The molecule has 130 valence electrons. The van der Waals surface area contributed by atoms with E-state index in [-0.39, 0.29) is 12.0 Å². The Balaban J connectivity index is 2.30. The number of benzene rings is 2. The van der Waals surface area contributed by atoms with Crippen LogP contribution >= 0.6 is 0 Å². The minimum Gasteiger partial charge on any atom is -0.497 e. The van der Waals surface area contributed by atoms with E-state index >= 15 is 0 Å². The van der Waals surface area contributed by atoms with Crippen molar-refractivity contribution in [3.8, 4) is 5.75 Å². The second kappa shape index (κ2) is 7.11. The monoisotopic (exact) mass is 337 g/mol. The highest BCUT2D eigenvalue weighted by atomic mass is 16.5. The largest absolute Gasteiger partial charge is 0.497 e. The molecule has 0 fully saturated rings. The Kier molecular flexibility index (Phi) is 4.91. The highest BCUT2D eigenvalue weighted by Crippen LogP contribution is 2.34. The fourth-order valence-corrected chi connectivity index (χ4v) is 3.39. The summed E-state index contributed by atoms with van der Waals surface area (Å²) in [6.07, 6.45) is 0.694. The average Bonchev–Trinajstić information content (AvgIpc) is 2.94. The maximum Gasteiger partial charge on any atom is 0.195 e. The minimum absolute atomic E-state index is 0.0149. The molecule has 0 aliphatic heterocycles. The Bertz CT molecular complexity index is 892. The van der Waals surface area contributed by atoms with Crippen LogP contribution in [0.1, 0.15) is 41.2 Å². The van der Waals surface area contributed by atoms with Gasteiger partial charge in [-0.25, -0.2) is 0 Å². The summed E-state index contributed by atoms with van der Waals surface area (Å²) in [7, 11) is 3.33. The first-order chi connectivity index (χ1) is 12.1. The van der Waals surface area contributed by atoms with Crippen molar-refractivity contribution in [1.29, 1.82) is 0 Å². The molecule has 4 nitrogen and oxygen atoms in total. The van der Waals surface area contributed by atoms with Crippen LogP contribution in [-0.4, -0.2) is 24.6 Å². The van der Waals surface area contributed by atoms with Crippen LogP contribution in [0.25, 0.3) is 10.9 Å². The lowest BCUT2D eigenvalue weighted by atomic mass is 10.0. The summed E-state index contributed by atoms with van der Waals surface area (Å²) < 4.78 is 13.1. The van der Waals surface area contributed by atoms with Gasteiger partial charge in [0.05, 0.1) is 18.2 Å². The van der Waals surface area contributed by atoms with Crippen LogP contribution in [0.3, 0.4) is 0 Å². The first kappa shape index (κ1) is 17.2. The predicted molar refractivity (Wildman–Crippen MR) is 99.4 cm³/mol. The van der Waals surface area contributed by atoms with Crippen LogP contribution in [-0.2, 0) is 4.74 Å². The molecule has 0 aliphatic rings. The highest BCUT2D eigenvalue weighted by Gasteiger charge is 2.24. The van der Waals surface area contributed by atoms with Crippen molar-refractivity contribution < 1.29 is 14.3 Å². The molecular weight excluding hydrogens is 314 g/mol. The van der Waals surface area contributed by atoms with Gasteiger partial charge >= 0.3 is 0 Å². The van der Waals surface area contributed by atoms with Gasteiger partial charge in [0.15, 0.2) is 5.78 Å². The van der Waals surface area contributed by atoms with Crippen LogP contribution < -0.4 is 4.74 Å². The molecule has 0 amide bonds. The molecule has 4 heteroatoms. The minimum atomic E-state index is -0.117. The van der Waals surface area contributed by atoms with Crippen molar-refractivity contribution in [2.24, 2.45) is 0 Å². The van der Waals surface area contributed by atoms with Gasteiger partial charge in [0.2, 0.25) is 0 Å². The summed E-state index contributed by atoms with van der Waals surface area (Å²) >= 11 is 0. The number of methoxy groups -OCH3 is 2. The number of hydrogen-bond donors (Lipinski definition) is 0. The van der Waals surface area contributed by atoms with E-state index in [1.807, 2.05) is 55.5 Å². The summed E-state index contributed by atoms with van der Waals surface area (Å²) in [5, 5.41) is 0.890. The van der Waals surface area contributed by atoms with E-state index in [2.05, 4.69) is 11.5 Å². The Morgan fingerprint density at radius 3 is 2.44 bits per heavy atom. The molecule has 2 aromatic carbocycles. The summed E-state index contributed by atoms with van der Waals surface area (Å²) in [6, 6.07) is 15.2. The predicted octanol–water partition coefficient (Wildman–Crippen LogP) is 4.74. The number of ketones is 1. The molecule has 0 saturated carbocycles. The molecule has 0 bridgehead atoms. The van der Waals surface area contributed by atoms with E-state index in [4.69, 9.17) is 9.47 Å². The quantitative estimate of drug-likeness (QED) is 0.610. The number of aromatic nitrogens is 1. The third kappa shape index (κ3) is 2.94. The van der Waals surface area contributed by atoms with E-state index in [1.165, 1.54) is 0 Å². The van der Waals surface area contributed by atoms with E-state index in [9.17, 15) is 4.79 Å². The van der Waals surface area contributed by atoms with E-state index in [0.29, 0.717) is 11.1 Å². The Morgan fingerprint density at radius 1 is 1.12 bits per heavy atom. The SMILES string of the molecule is CCC(OC)n1c(C)c(C(=O)c2ccccc2)c2cc(OC)ccc21. The molecular formula is C21H23NO3. The average molecular weight is 337 g/mol. The summed E-state index contributed by atoms with van der Waals surface area (Å²) in [4.78, 5) is 13.2. The van der Waals surface area contributed by atoms with Crippen molar-refractivity contribution >= 4 is 16.7 Å². The summed E-state index contributed by atoms with van der Waals surface area (Å²) in [5.74, 6) is 0.748. The zero-order valence-corrected chi connectivity index (χ0v) is 15.1. The number of nitrogens with zero attached hydrogens (tertiary/aromatic N) is 1. The van der Waals surface area contributed by atoms with Gasteiger partial charge in [0.1, 0.15) is 12.0 Å². The normalized spacial score (nSPS) is 12.3. The molecule has 25 heavy (non-hydrogen) atoms. The van der Waals surface area contributed by atoms with Crippen molar-refractivity contribution in [3.05, 3.63) is 65.4 Å². The molecule has 0 spiro atoms. The van der Waals surface area contributed by atoms with Crippen LogP contribution in [0.15, 0.2) is 48.5 Å². The van der Waals surface area contributed by atoms with Gasteiger partial charge in [-0.2, -0.15) is 0 Å². The summed E-state index contributed by atoms with van der Waals surface area (Å²) in [5.41, 5.74) is 3.27. The molecule has 1 unspecified atom stereocenters. The zero-order chi connectivity index (χ0) is 18.0. The van der Waals surface area contributed by atoms with E-state index in [1.54, 1.807) is 14.2 Å². The lowest BCUT2D eigenvalue weighted by Crippen LogP contribution is -2.12. The number of ether oxygens (including phenoxy) is 2. The Hall–Kier alpha value is -2.59. The molecule has 1 heterocycles. The molecule has 1 aromatic heterocycles. The van der Waals surface area contributed by atoms with Gasteiger partial charge in [0.25, 0.3) is 0 Å². The third-order valence-corrected chi connectivity index (χ3v) is 4.63. The van der Waals surface area contributed by atoms with Crippen molar-refractivity contribution in [3.63, 3.8) is 0 Å². The standard InChI is InChI=1S/C21H23NO3/c1-5-19(25-4)22-14(2)20(21(23)15-9-7-6-8-10-15)17-13-16(24-3)11-12-18(17)22/h6-13,19H,5H2,1-4H3. The Morgan fingerprint density at radius 2 is 1.84 bits per heavy atom. The fraction of sp³-hybridized carbons (Fsp3) is 0.286. The molecule has 0 radical (unpaired) electrons. The van der Waals surface area contributed by atoms with Crippen LogP contribution in [0, 0.1) is 6.92 Å². The topological polar surface area (TPSA) is 40.5 Å². The van der Waals surface area contributed by atoms with Gasteiger partial charge in [-0.1, -0.05) is 37.3 Å². The van der Waals surface area contributed by atoms with Gasteiger partial charge in [-0.3, -0.25) is 4.79 Å². The number of rotatable bonds is 6. The van der Waals surface area contributed by atoms with Gasteiger partial charge < -0.3 is 14.0 Å². The second-order valence-electron chi connectivity index (χ2n) is 6.01. The molecule has 0 N–H and O–H groups in total. The fourth-order valence-electron chi connectivity index (χ4n) is 3.39. The highest BCUT2D eigenvalue weighted by molar-refractivity contribution is 6.17. The first-order valence-electron chi connectivity index (χ1n) is 8.43. The molecule has 1 atom stereocenters. The van der Waals surface area contributed by atoms with Crippen LogP contribution in [0.2, 0.25) is 0 Å². The van der Waals surface area contributed by atoms with Crippen molar-refractivity contribution in [1.82, 2.24) is 4.57 Å². The molecule has 0 saturated heterocycles. The van der Waals surface area contributed by atoms with Gasteiger partial charge in [-0.15, -0.1) is 0 Å². The second-order valence-corrected chi connectivity index (χ2v) is 6.01. The Labute approximate surface area is 148 Å². The number of carbonyl (C=O) groups is 1. The maximum absolute atomic E-state index is 13.2. The zero-order valence-electron chi connectivity index (χ0n) is 15.1. The smallest absolute Gasteiger partial charge is 0.195 e. The maximum atomic E-state index is 13.2. The molecule has 3 aromatic rings. The number of carbonyl (C=O) groups excluding carboxylic acids is 1. The van der Waals surface area contributed by atoms with Crippen molar-refractivity contribution in [2.75, 3.05) is 14.2 Å². The lowest BCUT2D eigenvalue weighted by Gasteiger charge is -2.19. The summed E-state index contributed by atoms with van der Waals surface area (Å²) in [6.45, 7) is 4.05. The van der Waals surface area contributed by atoms with Gasteiger partial charge in [0, 0.05) is 23.8 Å². The van der Waals surface area contributed by atoms with Crippen LogP contribution in [0.5, 0.6) is 5.75 Å². The number of fused-ring (bicyclic) bond motifs is 1. The van der Waals surface area contributed by atoms with E-state index < -0.39 is 0 Å². The van der Waals surface area contributed by atoms with Crippen LogP contribution in [0.4, 0.5) is 0 Å². The van der Waals surface area contributed by atoms with Crippen molar-refractivity contribution in [2.45, 2.75) is 26.5 Å².